The molecule has 0 fully saturated rings. The second kappa shape index (κ2) is 3.68. The van der Waals surface area contributed by atoms with Crippen molar-refractivity contribution in [3.05, 3.63) is 23.8 Å². The number of rotatable bonds is 1. The third-order valence-electron chi connectivity index (χ3n) is 2.33. The first kappa shape index (κ1) is 9.64. The van der Waals surface area contributed by atoms with Crippen molar-refractivity contribution in [2.75, 3.05) is 12.3 Å². The zero-order chi connectivity index (χ0) is 10.8. The largest absolute Gasteiger partial charge is 0.491 e. The van der Waals surface area contributed by atoms with E-state index in [-0.39, 0.29) is 6.04 Å². The molecule has 2 rings (SSSR count). The fraction of sp³-hybridized carbons (Fsp3) is 0.300. The van der Waals surface area contributed by atoms with Crippen LogP contribution in [0, 0.1) is 0 Å². The van der Waals surface area contributed by atoms with Crippen molar-refractivity contribution in [3.63, 3.8) is 0 Å². The molecule has 1 heterocycles. The van der Waals surface area contributed by atoms with Gasteiger partial charge in [-0.2, -0.15) is 0 Å². The standard InChI is InChI=1S/C10H12N2O3/c11-7-2-1-6-3-8(12-10(13)14)5-15-9(6)4-7/h1-2,4,8,12H,3,5,11H2,(H,13,14)/t8-/m1/s1. The van der Waals surface area contributed by atoms with E-state index < -0.39 is 6.09 Å². The van der Waals surface area contributed by atoms with Crippen LogP contribution in [0.5, 0.6) is 5.75 Å². The molecule has 0 saturated heterocycles. The molecule has 5 nitrogen and oxygen atoms in total. The second-order valence-electron chi connectivity index (χ2n) is 3.53. The van der Waals surface area contributed by atoms with Gasteiger partial charge in [-0.25, -0.2) is 4.79 Å². The Hall–Kier alpha value is -1.91. The van der Waals surface area contributed by atoms with Crippen molar-refractivity contribution in [2.24, 2.45) is 0 Å². The Morgan fingerprint density at radius 1 is 1.60 bits per heavy atom. The van der Waals surface area contributed by atoms with Gasteiger partial charge >= 0.3 is 6.09 Å². The number of anilines is 1. The van der Waals surface area contributed by atoms with Gasteiger partial charge in [-0.1, -0.05) is 6.07 Å². The van der Waals surface area contributed by atoms with Crippen LogP contribution >= 0.6 is 0 Å². The summed E-state index contributed by atoms with van der Waals surface area (Å²) in [6.45, 7) is 0.350. The van der Waals surface area contributed by atoms with Gasteiger partial charge in [-0.3, -0.25) is 0 Å². The predicted octanol–water partition coefficient (Wildman–Crippen LogP) is 0.840. The Morgan fingerprint density at radius 3 is 3.13 bits per heavy atom. The van der Waals surface area contributed by atoms with Gasteiger partial charge in [0, 0.05) is 11.8 Å². The number of ether oxygens (including phenoxy) is 1. The van der Waals surface area contributed by atoms with Crippen molar-refractivity contribution >= 4 is 11.8 Å². The molecule has 0 radical (unpaired) electrons. The highest BCUT2D eigenvalue weighted by Crippen LogP contribution is 2.26. The number of nitrogen functional groups attached to an aromatic ring is 1. The zero-order valence-corrected chi connectivity index (χ0v) is 8.06. The highest BCUT2D eigenvalue weighted by atomic mass is 16.5. The fourth-order valence-electron chi connectivity index (χ4n) is 1.66. The maximum Gasteiger partial charge on any atom is 0.405 e. The zero-order valence-electron chi connectivity index (χ0n) is 8.06. The van der Waals surface area contributed by atoms with Crippen LogP contribution in [0.3, 0.4) is 0 Å². The van der Waals surface area contributed by atoms with Gasteiger partial charge in [0.1, 0.15) is 12.4 Å². The molecule has 0 saturated carbocycles. The lowest BCUT2D eigenvalue weighted by atomic mass is 10.0. The van der Waals surface area contributed by atoms with E-state index >= 15 is 0 Å². The summed E-state index contributed by atoms with van der Waals surface area (Å²) in [5, 5.41) is 11.0. The van der Waals surface area contributed by atoms with E-state index in [0.29, 0.717) is 18.7 Å². The number of hydrogen-bond donors (Lipinski definition) is 3. The molecule has 1 aromatic rings. The molecule has 4 N–H and O–H groups in total. The van der Waals surface area contributed by atoms with E-state index in [9.17, 15) is 4.79 Å². The molecule has 0 bridgehead atoms. The summed E-state index contributed by atoms with van der Waals surface area (Å²) in [5.41, 5.74) is 7.24. The Morgan fingerprint density at radius 2 is 2.40 bits per heavy atom. The number of carbonyl (C=O) groups is 1. The van der Waals surface area contributed by atoms with E-state index in [2.05, 4.69) is 5.32 Å². The summed E-state index contributed by atoms with van der Waals surface area (Å²) in [7, 11) is 0. The van der Waals surface area contributed by atoms with Crippen molar-refractivity contribution in [3.8, 4) is 5.75 Å². The van der Waals surface area contributed by atoms with Crippen LogP contribution in [0.2, 0.25) is 0 Å². The van der Waals surface area contributed by atoms with Gasteiger partial charge in [0.15, 0.2) is 0 Å². The van der Waals surface area contributed by atoms with E-state index in [1.165, 1.54) is 0 Å². The van der Waals surface area contributed by atoms with Crippen LogP contribution in [-0.2, 0) is 6.42 Å². The number of amides is 1. The molecular weight excluding hydrogens is 196 g/mol. The van der Waals surface area contributed by atoms with E-state index in [4.69, 9.17) is 15.6 Å². The highest BCUT2D eigenvalue weighted by Gasteiger charge is 2.20. The average molecular weight is 208 g/mol. The molecule has 0 spiro atoms. The van der Waals surface area contributed by atoms with Crippen molar-refractivity contribution < 1.29 is 14.6 Å². The second-order valence-corrected chi connectivity index (χ2v) is 3.53. The van der Waals surface area contributed by atoms with Gasteiger partial charge < -0.3 is 20.9 Å². The van der Waals surface area contributed by atoms with Gasteiger partial charge in [-0.15, -0.1) is 0 Å². The molecule has 1 amide bonds. The summed E-state index contributed by atoms with van der Waals surface area (Å²) in [6, 6.07) is 5.22. The Labute approximate surface area is 86.8 Å². The van der Waals surface area contributed by atoms with Crippen LogP contribution < -0.4 is 15.8 Å². The monoisotopic (exact) mass is 208 g/mol. The molecule has 80 valence electrons. The fourth-order valence-corrected chi connectivity index (χ4v) is 1.66. The number of benzene rings is 1. The first-order chi connectivity index (χ1) is 7.15. The molecule has 1 atom stereocenters. The maximum atomic E-state index is 10.4. The molecule has 0 unspecified atom stereocenters. The average Bonchev–Trinajstić information content (AvgIpc) is 2.17. The SMILES string of the molecule is Nc1ccc2c(c1)OC[C@H](NC(=O)O)C2. The highest BCUT2D eigenvalue weighted by molar-refractivity contribution is 5.65. The van der Waals surface area contributed by atoms with Crippen LogP contribution in [0.4, 0.5) is 10.5 Å². The molecule has 5 heteroatoms. The lowest BCUT2D eigenvalue weighted by Crippen LogP contribution is -2.42. The third kappa shape index (κ3) is 2.12. The first-order valence-corrected chi connectivity index (χ1v) is 4.66. The molecule has 0 aromatic heterocycles. The predicted molar refractivity (Wildman–Crippen MR) is 55.0 cm³/mol. The van der Waals surface area contributed by atoms with Gasteiger partial charge in [0.2, 0.25) is 0 Å². The number of fused-ring (bicyclic) bond motifs is 1. The van der Waals surface area contributed by atoms with Gasteiger partial charge in [0.05, 0.1) is 6.04 Å². The van der Waals surface area contributed by atoms with E-state index in [1.807, 2.05) is 6.07 Å². The lowest BCUT2D eigenvalue weighted by Gasteiger charge is -2.25. The van der Waals surface area contributed by atoms with Crippen LogP contribution in [0.25, 0.3) is 0 Å². The van der Waals surface area contributed by atoms with Gasteiger partial charge in [-0.05, 0) is 18.1 Å². The number of nitrogens with one attached hydrogen (secondary N) is 1. The van der Waals surface area contributed by atoms with Crippen LogP contribution in [0.1, 0.15) is 5.56 Å². The molecule has 0 aliphatic carbocycles. The quantitative estimate of drug-likeness (QED) is 0.597. The lowest BCUT2D eigenvalue weighted by molar-refractivity contribution is 0.176. The topological polar surface area (TPSA) is 84.6 Å². The normalized spacial score (nSPS) is 18.8. The number of hydrogen-bond acceptors (Lipinski definition) is 3. The van der Waals surface area contributed by atoms with E-state index in [1.54, 1.807) is 12.1 Å². The molecule has 1 aliphatic heterocycles. The smallest absolute Gasteiger partial charge is 0.405 e. The number of carboxylic acid groups (broad SMARTS) is 1. The van der Waals surface area contributed by atoms with Crippen LogP contribution in [0.15, 0.2) is 18.2 Å². The van der Waals surface area contributed by atoms with E-state index in [0.717, 1.165) is 11.3 Å². The van der Waals surface area contributed by atoms with Crippen molar-refractivity contribution in [1.82, 2.24) is 5.32 Å². The Bertz CT molecular complexity index is 392. The third-order valence-corrected chi connectivity index (χ3v) is 2.33. The summed E-state index contributed by atoms with van der Waals surface area (Å²) >= 11 is 0. The summed E-state index contributed by atoms with van der Waals surface area (Å²) in [5.74, 6) is 0.749. The molecule has 15 heavy (non-hydrogen) atoms. The summed E-state index contributed by atoms with van der Waals surface area (Å²) in [6.07, 6.45) is -0.385. The number of nitrogens with two attached hydrogens (primary N) is 1. The minimum absolute atomic E-state index is 0.182. The summed E-state index contributed by atoms with van der Waals surface area (Å²) < 4.78 is 5.41. The van der Waals surface area contributed by atoms with Crippen molar-refractivity contribution in [2.45, 2.75) is 12.5 Å². The summed E-state index contributed by atoms with van der Waals surface area (Å²) in [4.78, 5) is 10.4. The molecule has 1 aromatic carbocycles. The minimum atomic E-state index is -1.03. The molecular formula is C10H12N2O3. The van der Waals surface area contributed by atoms with Gasteiger partial charge in [0.25, 0.3) is 0 Å². The minimum Gasteiger partial charge on any atom is -0.491 e. The first-order valence-electron chi connectivity index (χ1n) is 4.66. The van der Waals surface area contributed by atoms with Crippen molar-refractivity contribution in [1.29, 1.82) is 0 Å². The maximum absolute atomic E-state index is 10.4. The Balaban J connectivity index is 2.13. The Kier molecular flexibility index (Phi) is 2.37. The molecule has 1 aliphatic rings. The van der Waals surface area contributed by atoms with Crippen LogP contribution in [-0.4, -0.2) is 23.8 Å².